The predicted molar refractivity (Wildman–Crippen MR) is 91.1 cm³/mol. The van der Waals surface area contributed by atoms with Gasteiger partial charge < -0.3 is 4.90 Å². The van der Waals surface area contributed by atoms with Crippen molar-refractivity contribution in [2.45, 2.75) is 6.42 Å². The van der Waals surface area contributed by atoms with Crippen LogP contribution in [0.4, 0.5) is 5.69 Å². The fraction of sp³-hybridized carbons (Fsp3) is 0.111. The molecule has 3 rings (SSSR count). The summed E-state index contributed by atoms with van der Waals surface area (Å²) in [5, 5.41) is 8.71. The Morgan fingerprint density at radius 2 is 1.67 bits per heavy atom. The van der Waals surface area contributed by atoms with Gasteiger partial charge in [0.2, 0.25) is 5.91 Å². The van der Waals surface area contributed by atoms with Crippen LogP contribution in [0.3, 0.4) is 0 Å². The van der Waals surface area contributed by atoms with Crippen molar-refractivity contribution in [2.24, 2.45) is 0 Å². The smallest absolute Gasteiger partial charge is 0.240 e. The standard InChI is InChI=1S/C18H11BrN2O3/c1-21(14(22)8-9-20)13-7-6-12(19)15-16(13)18(24)11-5-3-2-4-10(11)17(15)23/h2-7H,8H2,1H3. The van der Waals surface area contributed by atoms with Gasteiger partial charge in [0.1, 0.15) is 6.42 Å². The number of carbonyl (C=O) groups excluding carboxylic acids is 3. The Morgan fingerprint density at radius 1 is 1.08 bits per heavy atom. The highest BCUT2D eigenvalue weighted by molar-refractivity contribution is 9.10. The largest absolute Gasteiger partial charge is 0.314 e. The van der Waals surface area contributed by atoms with Gasteiger partial charge in [-0.2, -0.15) is 5.26 Å². The number of ketones is 2. The maximum atomic E-state index is 12.9. The van der Waals surface area contributed by atoms with E-state index in [9.17, 15) is 14.4 Å². The topological polar surface area (TPSA) is 78.2 Å². The molecule has 0 N–H and O–H groups in total. The lowest BCUT2D eigenvalue weighted by atomic mass is 9.83. The molecule has 1 aliphatic rings. The highest BCUT2D eigenvalue weighted by atomic mass is 79.9. The van der Waals surface area contributed by atoms with E-state index in [-0.39, 0.29) is 29.1 Å². The van der Waals surface area contributed by atoms with E-state index < -0.39 is 5.91 Å². The first-order valence-electron chi connectivity index (χ1n) is 7.11. The van der Waals surface area contributed by atoms with Gasteiger partial charge in [0, 0.05) is 22.6 Å². The first-order valence-corrected chi connectivity index (χ1v) is 7.91. The van der Waals surface area contributed by atoms with Crippen molar-refractivity contribution in [3.05, 3.63) is 63.1 Å². The first kappa shape index (κ1) is 16.1. The summed E-state index contributed by atoms with van der Waals surface area (Å²) < 4.78 is 0.496. The Bertz CT molecular complexity index is 944. The summed E-state index contributed by atoms with van der Waals surface area (Å²) in [6, 6.07) is 11.6. The molecule has 0 aliphatic heterocycles. The van der Waals surface area contributed by atoms with Crippen LogP contribution >= 0.6 is 15.9 Å². The molecule has 6 heteroatoms. The van der Waals surface area contributed by atoms with Crippen LogP contribution in [-0.2, 0) is 4.79 Å². The average molecular weight is 383 g/mol. The molecule has 0 unspecified atom stereocenters. The number of nitriles is 1. The van der Waals surface area contributed by atoms with Gasteiger partial charge in [-0.05, 0) is 12.1 Å². The summed E-state index contributed by atoms with van der Waals surface area (Å²) in [5.74, 6) is -1.02. The fourth-order valence-corrected chi connectivity index (χ4v) is 3.28. The van der Waals surface area contributed by atoms with Crippen molar-refractivity contribution in [3.63, 3.8) is 0 Å². The zero-order chi connectivity index (χ0) is 17.4. The maximum Gasteiger partial charge on any atom is 0.240 e. The predicted octanol–water partition coefficient (Wildman–Crippen LogP) is 3.10. The molecular weight excluding hydrogens is 372 g/mol. The van der Waals surface area contributed by atoms with Crippen LogP contribution in [0.15, 0.2) is 40.9 Å². The number of benzene rings is 2. The van der Waals surface area contributed by atoms with E-state index in [0.717, 1.165) is 0 Å². The molecule has 118 valence electrons. The molecule has 0 radical (unpaired) electrons. The molecule has 5 nitrogen and oxygen atoms in total. The minimum absolute atomic E-state index is 0.182. The molecule has 24 heavy (non-hydrogen) atoms. The molecule has 0 fully saturated rings. The summed E-state index contributed by atoms with van der Waals surface area (Å²) in [4.78, 5) is 39.0. The third kappa shape index (κ3) is 2.34. The lowest BCUT2D eigenvalue weighted by Gasteiger charge is -2.25. The molecule has 1 aliphatic carbocycles. The first-order chi connectivity index (χ1) is 11.5. The van der Waals surface area contributed by atoms with Crippen LogP contribution in [0, 0.1) is 11.3 Å². The lowest BCUT2D eigenvalue weighted by Crippen LogP contribution is -2.30. The quantitative estimate of drug-likeness (QED) is 0.681. The SMILES string of the molecule is CN(C(=O)CC#N)c1ccc(Br)c2c1C(=O)c1ccccc1C2=O. The highest BCUT2D eigenvalue weighted by Gasteiger charge is 2.34. The summed E-state index contributed by atoms with van der Waals surface area (Å²) in [5.41, 5.74) is 1.41. The summed E-state index contributed by atoms with van der Waals surface area (Å²) in [6.45, 7) is 0. The van der Waals surface area contributed by atoms with Crippen LogP contribution in [0.2, 0.25) is 0 Å². The zero-order valence-electron chi connectivity index (χ0n) is 12.7. The summed E-state index contributed by atoms with van der Waals surface area (Å²) in [7, 11) is 1.49. The van der Waals surface area contributed by atoms with Gasteiger partial charge in [0.25, 0.3) is 0 Å². The maximum absolute atomic E-state index is 12.9. The summed E-state index contributed by atoms with van der Waals surface area (Å²) >= 11 is 3.32. The molecule has 2 aromatic rings. The molecule has 0 bridgehead atoms. The van der Waals surface area contributed by atoms with Crippen LogP contribution in [0.1, 0.15) is 38.3 Å². The number of hydrogen-bond acceptors (Lipinski definition) is 4. The second-order valence-electron chi connectivity index (χ2n) is 5.31. The second kappa shape index (κ2) is 6.02. The molecule has 2 aromatic carbocycles. The number of carbonyl (C=O) groups is 3. The molecule has 0 heterocycles. The Morgan fingerprint density at radius 3 is 2.25 bits per heavy atom. The van der Waals surface area contributed by atoms with E-state index in [2.05, 4.69) is 15.9 Å². The average Bonchev–Trinajstić information content (AvgIpc) is 2.59. The van der Waals surface area contributed by atoms with Crippen molar-refractivity contribution in [1.29, 1.82) is 5.26 Å². The molecule has 0 saturated carbocycles. The molecule has 0 spiro atoms. The van der Waals surface area contributed by atoms with Gasteiger partial charge in [0.05, 0.1) is 22.9 Å². The van der Waals surface area contributed by atoms with E-state index >= 15 is 0 Å². The van der Waals surface area contributed by atoms with Crippen molar-refractivity contribution >= 4 is 39.1 Å². The number of anilines is 1. The molecule has 1 amide bonds. The van der Waals surface area contributed by atoms with Crippen LogP contribution in [-0.4, -0.2) is 24.5 Å². The molecule has 0 atom stereocenters. The zero-order valence-corrected chi connectivity index (χ0v) is 14.3. The van der Waals surface area contributed by atoms with Crippen LogP contribution in [0.25, 0.3) is 0 Å². The van der Waals surface area contributed by atoms with Crippen LogP contribution < -0.4 is 4.90 Å². The Labute approximate surface area is 146 Å². The Hall–Kier alpha value is -2.78. The van der Waals surface area contributed by atoms with Gasteiger partial charge >= 0.3 is 0 Å². The van der Waals surface area contributed by atoms with E-state index in [4.69, 9.17) is 5.26 Å². The van der Waals surface area contributed by atoms with Crippen molar-refractivity contribution < 1.29 is 14.4 Å². The number of fused-ring (bicyclic) bond motifs is 2. The third-order valence-corrected chi connectivity index (χ3v) is 4.63. The minimum atomic E-state index is -0.443. The van der Waals surface area contributed by atoms with Gasteiger partial charge in [-0.1, -0.05) is 40.2 Å². The highest BCUT2D eigenvalue weighted by Crippen LogP contribution is 2.37. The lowest BCUT2D eigenvalue weighted by molar-refractivity contribution is -0.117. The molecular formula is C18H11BrN2O3. The van der Waals surface area contributed by atoms with Crippen molar-refractivity contribution in [1.82, 2.24) is 0 Å². The monoisotopic (exact) mass is 382 g/mol. The Kier molecular flexibility index (Phi) is 4.04. The van der Waals surface area contributed by atoms with E-state index in [1.165, 1.54) is 11.9 Å². The van der Waals surface area contributed by atoms with E-state index in [1.54, 1.807) is 42.5 Å². The van der Waals surface area contributed by atoms with Gasteiger partial charge in [-0.15, -0.1) is 0 Å². The summed E-state index contributed by atoms with van der Waals surface area (Å²) in [6.07, 6.45) is -0.305. The van der Waals surface area contributed by atoms with E-state index in [0.29, 0.717) is 21.3 Å². The van der Waals surface area contributed by atoms with Gasteiger partial charge in [0.15, 0.2) is 11.6 Å². The van der Waals surface area contributed by atoms with Crippen molar-refractivity contribution in [2.75, 3.05) is 11.9 Å². The van der Waals surface area contributed by atoms with Gasteiger partial charge in [-0.25, -0.2) is 0 Å². The number of rotatable bonds is 2. The Balaban J connectivity index is 2.25. The number of halogens is 1. The van der Waals surface area contributed by atoms with E-state index in [1.807, 2.05) is 0 Å². The van der Waals surface area contributed by atoms with Gasteiger partial charge in [-0.3, -0.25) is 14.4 Å². The van der Waals surface area contributed by atoms with Crippen molar-refractivity contribution in [3.8, 4) is 6.07 Å². The number of amides is 1. The molecule has 0 saturated heterocycles. The minimum Gasteiger partial charge on any atom is -0.314 e. The van der Waals surface area contributed by atoms with Crippen LogP contribution in [0.5, 0.6) is 0 Å². The second-order valence-corrected chi connectivity index (χ2v) is 6.16. The normalized spacial score (nSPS) is 12.2. The number of hydrogen-bond donors (Lipinski definition) is 0. The third-order valence-electron chi connectivity index (χ3n) is 3.97. The fourth-order valence-electron chi connectivity index (χ4n) is 2.77. The molecule has 0 aromatic heterocycles. The number of nitrogens with zero attached hydrogens (tertiary/aromatic N) is 2.